The van der Waals surface area contributed by atoms with Crippen molar-refractivity contribution in [1.82, 2.24) is 4.31 Å². The fourth-order valence-electron chi connectivity index (χ4n) is 1.69. The van der Waals surface area contributed by atoms with Gasteiger partial charge in [-0.15, -0.1) is 0 Å². The van der Waals surface area contributed by atoms with Crippen molar-refractivity contribution < 1.29 is 17.2 Å². The fourth-order valence-corrected chi connectivity index (χ4v) is 3.31. The Morgan fingerprint density at radius 2 is 1.95 bits per heavy atom. The van der Waals surface area contributed by atoms with Crippen molar-refractivity contribution in [2.75, 3.05) is 19.6 Å². The van der Waals surface area contributed by atoms with Gasteiger partial charge >= 0.3 is 0 Å². The van der Waals surface area contributed by atoms with Crippen molar-refractivity contribution in [3.8, 4) is 0 Å². The number of nitrogens with two attached hydrogens (primary N) is 1. The van der Waals surface area contributed by atoms with Gasteiger partial charge in [-0.05, 0) is 31.5 Å². The smallest absolute Gasteiger partial charge is 0.245 e. The first-order valence-electron chi connectivity index (χ1n) is 6.08. The average Bonchev–Trinajstić information content (AvgIpc) is 2.33. The van der Waals surface area contributed by atoms with E-state index in [9.17, 15) is 17.2 Å². The first-order chi connectivity index (χ1) is 8.93. The summed E-state index contributed by atoms with van der Waals surface area (Å²) in [5, 5.41) is 0. The molecule has 7 heteroatoms. The van der Waals surface area contributed by atoms with E-state index in [1.54, 1.807) is 0 Å². The van der Waals surface area contributed by atoms with Crippen LogP contribution in [0.4, 0.5) is 8.78 Å². The molecule has 0 aliphatic heterocycles. The number of rotatable bonds is 7. The van der Waals surface area contributed by atoms with E-state index in [0.29, 0.717) is 25.5 Å². The highest BCUT2D eigenvalue weighted by Gasteiger charge is 2.26. The monoisotopic (exact) mass is 292 g/mol. The van der Waals surface area contributed by atoms with Crippen LogP contribution in [0.3, 0.4) is 0 Å². The van der Waals surface area contributed by atoms with Crippen LogP contribution in [0.15, 0.2) is 23.1 Å². The zero-order chi connectivity index (χ0) is 14.5. The summed E-state index contributed by atoms with van der Waals surface area (Å²) in [5.74, 6) is -1.88. The molecule has 0 aliphatic rings. The summed E-state index contributed by atoms with van der Waals surface area (Å²) in [6.07, 6.45) is 1.09. The lowest BCUT2D eigenvalue weighted by Gasteiger charge is -2.21. The maximum absolute atomic E-state index is 13.6. The topological polar surface area (TPSA) is 63.4 Å². The minimum Gasteiger partial charge on any atom is -0.330 e. The second-order valence-corrected chi connectivity index (χ2v) is 6.03. The van der Waals surface area contributed by atoms with Crippen LogP contribution in [0, 0.1) is 11.6 Å². The van der Waals surface area contributed by atoms with Gasteiger partial charge in [-0.3, -0.25) is 0 Å². The van der Waals surface area contributed by atoms with Gasteiger partial charge in [0.1, 0.15) is 16.5 Å². The molecule has 0 amide bonds. The standard InChI is InChI=1S/C12H18F2N2O2S/c1-2-7-16(8-3-6-15)19(17,18)12-5-4-10(13)9-11(12)14/h4-5,9H,2-3,6-8,15H2,1H3. The van der Waals surface area contributed by atoms with Gasteiger partial charge in [-0.2, -0.15) is 4.31 Å². The lowest BCUT2D eigenvalue weighted by molar-refractivity contribution is 0.402. The van der Waals surface area contributed by atoms with Gasteiger partial charge in [0.2, 0.25) is 10.0 Å². The lowest BCUT2D eigenvalue weighted by atomic mass is 10.3. The molecule has 4 nitrogen and oxygen atoms in total. The van der Waals surface area contributed by atoms with E-state index >= 15 is 0 Å². The van der Waals surface area contributed by atoms with Crippen molar-refractivity contribution in [2.24, 2.45) is 5.73 Å². The van der Waals surface area contributed by atoms with E-state index in [4.69, 9.17) is 5.73 Å². The molecule has 1 aromatic carbocycles. The summed E-state index contributed by atoms with van der Waals surface area (Å²) in [6, 6.07) is 2.45. The summed E-state index contributed by atoms with van der Waals surface area (Å²) in [4.78, 5) is -0.501. The van der Waals surface area contributed by atoms with Gasteiger partial charge in [0.15, 0.2) is 0 Å². The molecule has 0 aliphatic carbocycles. The third-order valence-electron chi connectivity index (χ3n) is 2.60. The molecule has 0 fully saturated rings. The van der Waals surface area contributed by atoms with Crippen molar-refractivity contribution in [2.45, 2.75) is 24.7 Å². The average molecular weight is 292 g/mol. The number of halogens is 2. The Balaban J connectivity index is 3.11. The molecule has 0 bridgehead atoms. The van der Waals surface area contributed by atoms with E-state index in [1.165, 1.54) is 4.31 Å². The Morgan fingerprint density at radius 1 is 1.26 bits per heavy atom. The maximum atomic E-state index is 13.6. The first-order valence-corrected chi connectivity index (χ1v) is 7.52. The zero-order valence-corrected chi connectivity index (χ0v) is 11.6. The SMILES string of the molecule is CCCN(CCCN)S(=O)(=O)c1ccc(F)cc1F. The predicted octanol–water partition coefficient (Wildman–Crippen LogP) is 1.71. The molecule has 2 N–H and O–H groups in total. The summed E-state index contributed by atoms with van der Waals surface area (Å²) in [7, 11) is -3.95. The molecule has 0 spiro atoms. The highest BCUT2D eigenvalue weighted by atomic mass is 32.2. The molecule has 19 heavy (non-hydrogen) atoms. The third kappa shape index (κ3) is 3.95. The largest absolute Gasteiger partial charge is 0.330 e. The van der Waals surface area contributed by atoms with Gasteiger partial charge in [-0.25, -0.2) is 17.2 Å². The van der Waals surface area contributed by atoms with Gasteiger partial charge in [-0.1, -0.05) is 6.92 Å². The molecular formula is C12H18F2N2O2S. The normalized spacial score (nSPS) is 12.1. The van der Waals surface area contributed by atoms with Crippen LogP contribution >= 0.6 is 0 Å². The Kier molecular flexibility index (Phi) is 5.84. The van der Waals surface area contributed by atoms with E-state index in [-0.39, 0.29) is 13.1 Å². The van der Waals surface area contributed by atoms with Crippen LogP contribution in [0.5, 0.6) is 0 Å². The molecule has 0 saturated heterocycles. The molecule has 0 atom stereocenters. The zero-order valence-electron chi connectivity index (χ0n) is 10.8. The van der Waals surface area contributed by atoms with E-state index < -0.39 is 26.6 Å². The summed E-state index contributed by atoms with van der Waals surface area (Å²) < 4.78 is 52.2. The van der Waals surface area contributed by atoms with Gasteiger partial charge < -0.3 is 5.73 Å². The number of nitrogens with zero attached hydrogens (tertiary/aromatic N) is 1. The Labute approximate surface area is 112 Å². The lowest BCUT2D eigenvalue weighted by Crippen LogP contribution is -2.34. The first kappa shape index (κ1) is 16.0. The summed E-state index contributed by atoms with van der Waals surface area (Å²) in [5.41, 5.74) is 5.36. The fraction of sp³-hybridized carbons (Fsp3) is 0.500. The molecule has 0 saturated carbocycles. The minimum atomic E-state index is -3.95. The molecular weight excluding hydrogens is 274 g/mol. The van der Waals surface area contributed by atoms with Crippen LogP contribution in [0.1, 0.15) is 19.8 Å². The highest BCUT2D eigenvalue weighted by Crippen LogP contribution is 2.20. The molecule has 0 unspecified atom stereocenters. The van der Waals surface area contributed by atoms with E-state index in [0.717, 1.165) is 12.1 Å². The van der Waals surface area contributed by atoms with Crippen molar-refractivity contribution in [3.05, 3.63) is 29.8 Å². The van der Waals surface area contributed by atoms with E-state index in [1.807, 2.05) is 6.92 Å². The second-order valence-electron chi connectivity index (χ2n) is 4.12. The maximum Gasteiger partial charge on any atom is 0.245 e. The van der Waals surface area contributed by atoms with Crippen molar-refractivity contribution >= 4 is 10.0 Å². The van der Waals surface area contributed by atoms with E-state index in [2.05, 4.69) is 0 Å². The molecule has 108 valence electrons. The van der Waals surface area contributed by atoms with Crippen LogP contribution < -0.4 is 5.73 Å². The van der Waals surface area contributed by atoms with Crippen LogP contribution in [-0.4, -0.2) is 32.4 Å². The number of hydrogen-bond acceptors (Lipinski definition) is 3. The Hall–Kier alpha value is -1.05. The van der Waals surface area contributed by atoms with Crippen LogP contribution in [-0.2, 0) is 10.0 Å². The Morgan fingerprint density at radius 3 is 2.47 bits per heavy atom. The van der Waals surface area contributed by atoms with Gasteiger partial charge in [0, 0.05) is 19.2 Å². The molecule has 0 heterocycles. The van der Waals surface area contributed by atoms with Crippen LogP contribution in [0.2, 0.25) is 0 Å². The quantitative estimate of drug-likeness (QED) is 0.832. The van der Waals surface area contributed by atoms with Gasteiger partial charge in [0.05, 0.1) is 0 Å². The van der Waals surface area contributed by atoms with Crippen molar-refractivity contribution in [1.29, 1.82) is 0 Å². The summed E-state index contributed by atoms with van der Waals surface area (Å²) >= 11 is 0. The third-order valence-corrected chi connectivity index (χ3v) is 4.53. The second kappa shape index (κ2) is 6.93. The highest BCUT2D eigenvalue weighted by molar-refractivity contribution is 7.89. The molecule has 0 radical (unpaired) electrons. The number of sulfonamides is 1. The van der Waals surface area contributed by atoms with Crippen LogP contribution in [0.25, 0.3) is 0 Å². The van der Waals surface area contributed by atoms with Crippen molar-refractivity contribution in [3.63, 3.8) is 0 Å². The molecule has 1 rings (SSSR count). The molecule has 0 aromatic heterocycles. The molecule has 1 aromatic rings. The summed E-state index contributed by atoms with van der Waals surface area (Å²) in [6.45, 7) is 2.68. The number of hydrogen-bond donors (Lipinski definition) is 1. The van der Waals surface area contributed by atoms with Gasteiger partial charge in [0.25, 0.3) is 0 Å². The minimum absolute atomic E-state index is 0.226. The predicted molar refractivity (Wildman–Crippen MR) is 69.1 cm³/mol. The number of benzene rings is 1. The Bertz CT molecular complexity index is 520.